The molecule has 1 aromatic carbocycles. The van der Waals surface area contributed by atoms with E-state index >= 15 is 0 Å². The second-order valence-electron chi connectivity index (χ2n) is 4.24. The van der Waals surface area contributed by atoms with Crippen LogP contribution in [-0.4, -0.2) is 23.9 Å². The van der Waals surface area contributed by atoms with Crippen molar-refractivity contribution in [2.45, 2.75) is 0 Å². The third-order valence-corrected chi connectivity index (χ3v) is 2.80. The Bertz CT molecular complexity index is 590. The Hall–Kier alpha value is -2.11. The molecule has 0 aliphatic rings. The number of rotatable bonds is 2. The van der Waals surface area contributed by atoms with Crippen molar-refractivity contribution in [3.63, 3.8) is 0 Å². The van der Waals surface area contributed by atoms with E-state index in [0.717, 1.165) is 12.1 Å². The molecule has 0 amide bonds. The highest BCUT2D eigenvalue weighted by atomic mass is 19.2. The summed E-state index contributed by atoms with van der Waals surface area (Å²) in [7, 11) is 5.19. The van der Waals surface area contributed by atoms with Crippen LogP contribution in [0.4, 0.5) is 20.3 Å². The van der Waals surface area contributed by atoms with Gasteiger partial charge in [0, 0.05) is 44.0 Å². The Labute approximate surface area is 104 Å². The van der Waals surface area contributed by atoms with Gasteiger partial charge in [-0.1, -0.05) is 0 Å². The van der Waals surface area contributed by atoms with E-state index in [1.165, 1.54) is 10.9 Å². The minimum atomic E-state index is -0.904. The zero-order valence-electron chi connectivity index (χ0n) is 10.4. The molecule has 2 N–H and O–H groups in total. The van der Waals surface area contributed by atoms with Crippen molar-refractivity contribution in [3.8, 4) is 11.1 Å². The average Bonchev–Trinajstić information content (AvgIpc) is 2.63. The van der Waals surface area contributed by atoms with Gasteiger partial charge in [-0.05, 0) is 6.07 Å². The van der Waals surface area contributed by atoms with Crippen molar-refractivity contribution < 1.29 is 8.78 Å². The SMILES string of the molecule is CN(C)c1cc(F)c(F)cc1-c1cnn(C)c1N. The van der Waals surface area contributed by atoms with Gasteiger partial charge in [-0.3, -0.25) is 4.68 Å². The van der Waals surface area contributed by atoms with Gasteiger partial charge in [0.2, 0.25) is 0 Å². The maximum atomic E-state index is 13.4. The molecule has 1 heterocycles. The van der Waals surface area contributed by atoms with Crippen LogP contribution >= 0.6 is 0 Å². The number of hydrogen-bond donors (Lipinski definition) is 1. The van der Waals surface area contributed by atoms with E-state index in [0.29, 0.717) is 22.6 Å². The molecule has 0 atom stereocenters. The molecule has 4 nitrogen and oxygen atoms in total. The molecule has 0 bridgehead atoms. The molecule has 0 aliphatic carbocycles. The molecule has 0 fully saturated rings. The van der Waals surface area contributed by atoms with E-state index in [4.69, 9.17) is 5.73 Å². The van der Waals surface area contributed by atoms with Gasteiger partial charge < -0.3 is 10.6 Å². The molecule has 2 rings (SSSR count). The number of nitrogen functional groups attached to an aromatic ring is 1. The normalized spacial score (nSPS) is 10.7. The van der Waals surface area contributed by atoms with Crippen LogP contribution in [0.3, 0.4) is 0 Å². The second kappa shape index (κ2) is 4.29. The van der Waals surface area contributed by atoms with E-state index < -0.39 is 11.6 Å². The molecule has 0 aliphatic heterocycles. The van der Waals surface area contributed by atoms with Crippen LogP contribution in [0.15, 0.2) is 18.3 Å². The van der Waals surface area contributed by atoms with E-state index in [2.05, 4.69) is 5.10 Å². The fraction of sp³-hybridized carbons (Fsp3) is 0.250. The largest absolute Gasteiger partial charge is 0.383 e. The summed E-state index contributed by atoms with van der Waals surface area (Å²) in [5.41, 5.74) is 7.51. The predicted octanol–water partition coefficient (Wildman–Crippen LogP) is 2.01. The first kappa shape index (κ1) is 12.3. The van der Waals surface area contributed by atoms with Crippen LogP contribution in [0.1, 0.15) is 0 Å². The number of halogens is 2. The lowest BCUT2D eigenvalue weighted by Gasteiger charge is -2.17. The monoisotopic (exact) mass is 252 g/mol. The van der Waals surface area contributed by atoms with Crippen molar-refractivity contribution in [3.05, 3.63) is 30.0 Å². The highest BCUT2D eigenvalue weighted by Crippen LogP contribution is 2.34. The summed E-state index contributed by atoms with van der Waals surface area (Å²) in [5, 5.41) is 4.00. The number of hydrogen-bond acceptors (Lipinski definition) is 3. The molecule has 6 heteroatoms. The van der Waals surface area contributed by atoms with Crippen molar-refractivity contribution >= 4 is 11.5 Å². The standard InChI is InChI=1S/C12H14F2N4/c1-17(2)11-5-10(14)9(13)4-7(11)8-6-16-18(3)12(8)15/h4-6H,15H2,1-3H3. The zero-order chi connectivity index (χ0) is 13.4. The van der Waals surface area contributed by atoms with Crippen LogP contribution in [0.25, 0.3) is 11.1 Å². The predicted molar refractivity (Wildman–Crippen MR) is 67.3 cm³/mol. The van der Waals surface area contributed by atoms with Crippen molar-refractivity contribution in [1.82, 2.24) is 9.78 Å². The fourth-order valence-corrected chi connectivity index (χ4v) is 1.78. The maximum absolute atomic E-state index is 13.4. The van der Waals surface area contributed by atoms with Gasteiger partial charge in [-0.15, -0.1) is 0 Å². The van der Waals surface area contributed by atoms with Crippen LogP contribution < -0.4 is 10.6 Å². The maximum Gasteiger partial charge on any atom is 0.160 e. The highest BCUT2D eigenvalue weighted by molar-refractivity contribution is 5.84. The van der Waals surface area contributed by atoms with E-state index in [1.54, 1.807) is 26.0 Å². The van der Waals surface area contributed by atoms with E-state index in [-0.39, 0.29) is 0 Å². The van der Waals surface area contributed by atoms with Gasteiger partial charge in [-0.25, -0.2) is 8.78 Å². The Morgan fingerprint density at radius 3 is 2.28 bits per heavy atom. The lowest BCUT2D eigenvalue weighted by molar-refractivity contribution is 0.509. The highest BCUT2D eigenvalue weighted by Gasteiger charge is 2.16. The Morgan fingerprint density at radius 1 is 1.17 bits per heavy atom. The Balaban J connectivity index is 2.70. The Morgan fingerprint density at radius 2 is 1.78 bits per heavy atom. The quantitative estimate of drug-likeness (QED) is 0.889. The number of benzene rings is 1. The van der Waals surface area contributed by atoms with Crippen LogP contribution in [-0.2, 0) is 7.05 Å². The number of nitrogens with zero attached hydrogens (tertiary/aromatic N) is 3. The van der Waals surface area contributed by atoms with Gasteiger partial charge in [0.1, 0.15) is 5.82 Å². The molecule has 0 radical (unpaired) electrons. The minimum Gasteiger partial charge on any atom is -0.383 e. The molecular formula is C12H14F2N4. The summed E-state index contributed by atoms with van der Waals surface area (Å²) >= 11 is 0. The molecule has 96 valence electrons. The van der Waals surface area contributed by atoms with Gasteiger partial charge in [0.05, 0.1) is 6.20 Å². The summed E-state index contributed by atoms with van der Waals surface area (Å²) in [5.74, 6) is -1.38. The molecule has 0 unspecified atom stereocenters. The van der Waals surface area contributed by atoms with Crippen molar-refractivity contribution in [2.75, 3.05) is 24.7 Å². The topological polar surface area (TPSA) is 47.1 Å². The van der Waals surface area contributed by atoms with Crippen LogP contribution in [0, 0.1) is 11.6 Å². The Kier molecular flexibility index (Phi) is 2.94. The molecule has 0 saturated carbocycles. The molecule has 0 spiro atoms. The molecular weight excluding hydrogens is 238 g/mol. The smallest absolute Gasteiger partial charge is 0.160 e. The summed E-state index contributed by atoms with van der Waals surface area (Å²) in [6.07, 6.45) is 1.54. The second-order valence-corrected chi connectivity index (χ2v) is 4.24. The third kappa shape index (κ3) is 1.90. The molecule has 18 heavy (non-hydrogen) atoms. The summed E-state index contributed by atoms with van der Waals surface area (Å²) in [6, 6.07) is 2.29. The van der Waals surface area contributed by atoms with Crippen LogP contribution in [0.2, 0.25) is 0 Å². The summed E-state index contributed by atoms with van der Waals surface area (Å²) < 4.78 is 28.2. The molecule has 1 aromatic heterocycles. The first-order valence-corrected chi connectivity index (χ1v) is 5.36. The number of anilines is 2. The molecule has 2 aromatic rings. The first-order valence-electron chi connectivity index (χ1n) is 5.36. The van der Waals surface area contributed by atoms with Gasteiger partial charge >= 0.3 is 0 Å². The number of aryl methyl sites for hydroxylation is 1. The lowest BCUT2D eigenvalue weighted by Crippen LogP contribution is -2.11. The summed E-state index contributed by atoms with van der Waals surface area (Å²) in [6.45, 7) is 0. The lowest BCUT2D eigenvalue weighted by atomic mass is 10.1. The van der Waals surface area contributed by atoms with Gasteiger partial charge in [0.15, 0.2) is 11.6 Å². The first-order chi connectivity index (χ1) is 8.41. The van der Waals surface area contributed by atoms with E-state index in [9.17, 15) is 8.78 Å². The van der Waals surface area contributed by atoms with Gasteiger partial charge in [0.25, 0.3) is 0 Å². The average molecular weight is 252 g/mol. The minimum absolute atomic E-state index is 0.407. The summed E-state index contributed by atoms with van der Waals surface area (Å²) in [4.78, 5) is 1.70. The van der Waals surface area contributed by atoms with Crippen molar-refractivity contribution in [1.29, 1.82) is 0 Å². The van der Waals surface area contributed by atoms with Crippen LogP contribution in [0.5, 0.6) is 0 Å². The number of aromatic nitrogens is 2. The van der Waals surface area contributed by atoms with Gasteiger partial charge in [-0.2, -0.15) is 5.10 Å². The molecule has 0 saturated heterocycles. The fourth-order valence-electron chi connectivity index (χ4n) is 1.78. The zero-order valence-corrected chi connectivity index (χ0v) is 10.4. The van der Waals surface area contributed by atoms with Crippen molar-refractivity contribution in [2.24, 2.45) is 7.05 Å². The number of nitrogens with two attached hydrogens (primary N) is 1. The third-order valence-electron chi connectivity index (χ3n) is 2.80. The van der Waals surface area contributed by atoms with E-state index in [1.807, 2.05) is 0 Å².